The minimum atomic E-state index is -4.51. The summed E-state index contributed by atoms with van der Waals surface area (Å²) < 4.78 is 37.6. The van der Waals surface area contributed by atoms with Crippen molar-refractivity contribution in [1.82, 2.24) is 10.3 Å². The van der Waals surface area contributed by atoms with E-state index in [4.69, 9.17) is 0 Å². The molecule has 1 heterocycles. The zero-order valence-corrected chi connectivity index (χ0v) is 13.7. The number of halogens is 3. The number of nitrogens with one attached hydrogen (secondary N) is 1. The van der Waals surface area contributed by atoms with E-state index >= 15 is 0 Å². The number of pyridine rings is 1. The van der Waals surface area contributed by atoms with Gasteiger partial charge in [0.25, 0.3) is 5.91 Å². The maximum absolute atomic E-state index is 12.5. The van der Waals surface area contributed by atoms with Crippen molar-refractivity contribution in [2.24, 2.45) is 11.3 Å². The number of amides is 1. The summed E-state index contributed by atoms with van der Waals surface area (Å²) in [6, 6.07) is 2.74. The van der Waals surface area contributed by atoms with Crippen molar-refractivity contribution in [2.75, 3.05) is 6.54 Å². The summed E-state index contributed by atoms with van der Waals surface area (Å²) in [5.74, 6) is -0.545. The number of aliphatic hydroxyl groups excluding tert-OH is 1. The van der Waals surface area contributed by atoms with E-state index in [9.17, 15) is 23.1 Å². The van der Waals surface area contributed by atoms with E-state index in [2.05, 4.69) is 10.3 Å². The highest BCUT2D eigenvalue weighted by atomic mass is 32.2. The zero-order chi connectivity index (χ0) is 17.3. The second kappa shape index (κ2) is 6.68. The van der Waals surface area contributed by atoms with Gasteiger partial charge in [-0.25, -0.2) is 4.98 Å². The van der Waals surface area contributed by atoms with Crippen molar-refractivity contribution < 1.29 is 23.1 Å². The molecule has 0 aliphatic heterocycles. The van der Waals surface area contributed by atoms with Crippen LogP contribution in [0.2, 0.25) is 0 Å². The highest BCUT2D eigenvalue weighted by Crippen LogP contribution is 2.50. The molecule has 0 bridgehead atoms. The van der Waals surface area contributed by atoms with Crippen LogP contribution in [-0.4, -0.2) is 34.2 Å². The van der Waals surface area contributed by atoms with Gasteiger partial charge in [-0.15, -0.1) is 0 Å². The van der Waals surface area contributed by atoms with E-state index in [0.717, 1.165) is 12.8 Å². The van der Waals surface area contributed by atoms with Gasteiger partial charge in [-0.1, -0.05) is 13.8 Å². The molecule has 1 aromatic rings. The number of thioether (sulfide) groups is 1. The molecule has 0 aromatic carbocycles. The average Bonchev–Trinajstić information content (AvgIpc) is 3.24. The smallest absolute Gasteiger partial charge is 0.392 e. The van der Waals surface area contributed by atoms with Crippen LogP contribution in [0.1, 0.15) is 37.0 Å². The molecule has 128 valence electrons. The molecule has 8 heteroatoms. The quantitative estimate of drug-likeness (QED) is 0.775. The molecular weight excluding hydrogens is 329 g/mol. The van der Waals surface area contributed by atoms with E-state index in [1.165, 1.54) is 18.3 Å². The van der Waals surface area contributed by atoms with Crippen LogP contribution in [0.5, 0.6) is 0 Å². The molecule has 4 nitrogen and oxygen atoms in total. The molecular formula is C15H19F3N2O2S. The lowest BCUT2D eigenvalue weighted by Gasteiger charge is -2.25. The summed E-state index contributed by atoms with van der Waals surface area (Å²) in [6.07, 6.45) is 2.27. The number of carbonyl (C=O) groups excluding carboxylic acids is 1. The standard InChI is InChI=1S/C15H19F3N2O2S/c1-9(2)11(21)14(5-6-14)8-20-12(22)10-4-3-7-19-13(10)23-15(16,17)18/h3-4,7,9,11,21H,5-6,8H2,1-2H3,(H,20,22)/t11-/m0/s1. The molecule has 1 aromatic heterocycles. The fraction of sp³-hybridized carbons (Fsp3) is 0.600. The Hall–Kier alpha value is -1.28. The highest BCUT2D eigenvalue weighted by molar-refractivity contribution is 8.00. The SMILES string of the molecule is CC(C)[C@H](O)C1(CNC(=O)c2cccnc2SC(F)(F)F)CC1. The molecule has 0 unspecified atom stereocenters. The zero-order valence-electron chi connectivity index (χ0n) is 12.9. The highest BCUT2D eigenvalue weighted by Gasteiger charge is 2.49. The van der Waals surface area contributed by atoms with Gasteiger partial charge in [-0.05, 0) is 30.9 Å². The summed E-state index contributed by atoms with van der Waals surface area (Å²) in [4.78, 5) is 15.8. The van der Waals surface area contributed by atoms with Crippen molar-refractivity contribution in [3.8, 4) is 0 Å². The van der Waals surface area contributed by atoms with E-state index in [-0.39, 0.29) is 28.5 Å². The first-order valence-corrected chi connectivity index (χ1v) is 8.13. The van der Waals surface area contributed by atoms with E-state index in [1.54, 1.807) is 0 Å². The van der Waals surface area contributed by atoms with Gasteiger partial charge in [0.2, 0.25) is 0 Å². The first-order chi connectivity index (χ1) is 10.6. The summed E-state index contributed by atoms with van der Waals surface area (Å²) in [6.45, 7) is 4.04. The Balaban J connectivity index is 2.05. The minimum Gasteiger partial charge on any atom is -0.392 e. The van der Waals surface area contributed by atoms with Gasteiger partial charge in [0.05, 0.1) is 11.7 Å². The van der Waals surface area contributed by atoms with Gasteiger partial charge in [0, 0.05) is 29.9 Å². The lowest BCUT2D eigenvalue weighted by atomic mass is 9.90. The molecule has 1 aliphatic rings. The molecule has 0 radical (unpaired) electrons. The van der Waals surface area contributed by atoms with Gasteiger partial charge in [0.1, 0.15) is 5.03 Å². The lowest BCUT2D eigenvalue weighted by molar-refractivity contribution is -0.0329. The third kappa shape index (κ3) is 4.60. The minimum absolute atomic E-state index is 0.0594. The monoisotopic (exact) mass is 348 g/mol. The molecule has 1 atom stereocenters. The number of aromatic nitrogens is 1. The van der Waals surface area contributed by atoms with Crippen molar-refractivity contribution in [3.05, 3.63) is 23.9 Å². The van der Waals surface area contributed by atoms with Crippen LogP contribution >= 0.6 is 11.8 Å². The predicted molar refractivity (Wildman–Crippen MR) is 81.0 cm³/mol. The Kier molecular flexibility index (Phi) is 5.25. The molecule has 1 saturated carbocycles. The van der Waals surface area contributed by atoms with Crippen LogP contribution in [0.3, 0.4) is 0 Å². The van der Waals surface area contributed by atoms with Crippen molar-refractivity contribution in [1.29, 1.82) is 0 Å². The van der Waals surface area contributed by atoms with Crippen LogP contribution < -0.4 is 5.32 Å². The van der Waals surface area contributed by atoms with Gasteiger partial charge >= 0.3 is 5.51 Å². The number of alkyl halides is 3. The van der Waals surface area contributed by atoms with Crippen molar-refractivity contribution in [3.63, 3.8) is 0 Å². The Labute approximate surface area is 136 Å². The Morgan fingerprint density at radius 1 is 1.48 bits per heavy atom. The molecule has 2 N–H and O–H groups in total. The molecule has 2 rings (SSSR count). The second-order valence-corrected chi connectivity index (χ2v) is 7.19. The van der Waals surface area contributed by atoms with Crippen LogP contribution in [0.4, 0.5) is 13.2 Å². The number of nitrogens with zero attached hydrogens (tertiary/aromatic N) is 1. The summed E-state index contributed by atoms with van der Waals surface area (Å²) in [5, 5.41) is 12.5. The fourth-order valence-electron chi connectivity index (χ4n) is 2.55. The molecule has 1 fully saturated rings. The van der Waals surface area contributed by atoms with Crippen molar-refractivity contribution in [2.45, 2.75) is 43.3 Å². The second-order valence-electron chi connectivity index (χ2n) is 6.14. The van der Waals surface area contributed by atoms with E-state index in [1.807, 2.05) is 13.8 Å². The normalized spacial score (nSPS) is 17.9. The molecule has 1 aliphatic carbocycles. The predicted octanol–water partition coefficient (Wildman–Crippen LogP) is 3.22. The van der Waals surface area contributed by atoms with Gasteiger partial charge < -0.3 is 10.4 Å². The largest absolute Gasteiger partial charge is 0.447 e. The Morgan fingerprint density at radius 2 is 2.13 bits per heavy atom. The van der Waals surface area contributed by atoms with Crippen LogP contribution in [0, 0.1) is 11.3 Å². The van der Waals surface area contributed by atoms with Gasteiger partial charge in [0.15, 0.2) is 0 Å². The fourth-order valence-corrected chi connectivity index (χ4v) is 3.15. The molecule has 0 saturated heterocycles. The number of aliphatic hydroxyl groups is 1. The maximum atomic E-state index is 12.5. The maximum Gasteiger partial charge on any atom is 0.447 e. The molecule has 0 spiro atoms. The van der Waals surface area contributed by atoms with Crippen molar-refractivity contribution >= 4 is 17.7 Å². The van der Waals surface area contributed by atoms with Gasteiger partial charge in [-0.3, -0.25) is 4.79 Å². The topological polar surface area (TPSA) is 62.2 Å². The first-order valence-electron chi connectivity index (χ1n) is 7.32. The third-order valence-electron chi connectivity index (χ3n) is 3.98. The van der Waals surface area contributed by atoms with Crippen LogP contribution in [0.15, 0.2) is 23.4 Å². The number of hydrogen-bond donors (Lipinski definition) is 2. The summed E-state index contributed by atoms with van der Waals surface area (Å²) >= 11 is -0.405. The van der Waals surface area contributed by atoms with Gasteiger partial charge in [-0.2, -0.15) is 13.2 Å². The first kappa shape index (κ1) is 18.1. The Bertz CT molecular complexity index is 574. The summed E-state index contributed by atoms with van der Waals surface area (Å²) in [7, 11) is 0. The van der Waals surface area contributed by atoms with Crippen LogP contribution in [-0.2, 0) is 0 Å². The Morgan fingerprint density at radius 3 is 2.65 bits per heavy atom. The third-order valence-corrected chi connectivity index (χ3v) is 4.73. The van der Waals surface area contributed by atoms with E-state index < -0.39 is 29.3 Å². The van der Waals surface area contributed by atoms with E-state index in [0.29, 0.717) is 0 Å². The number of carbonyl (C=O) groups is 1. The number of hydrogen-bond acceptors (Lipinski definition) is 4. The summed E-state index contributed by atoms with van der Waals surface area (Å²) in [5.41, 5.74) is -4.97. The molecule has 23 heavy (non-hydrogen) atoms. The molecule has 1 amide bonds. The van der Waals surface area contributed by atoms with Crippen LogP contribution in [0.25, 0.3) is 0 Å². The lowest BCUT2D eigenvalue weighted by Crippen LogP contribution is -2.39. The average molecular weight is 348 g/mol. The number of rotatable bonds is 6.